The summed E-state index contributed by atoms with van der Waals surface area (Å²) < 4.78 is 29.4. The van der Waals surface area contributed by atoms with Gasteiger partial charge >= 0.3 is 5.97 Å². The second-order valence-corrected chi connectivity index (χ2v) is 11.3. The van der Waals surface area contributed by atoms with Gasteiger partial charge in [0, 0.05) is 68.2 Å². The molecule has 0 amide bonds. The molecule has 1 N–H and O–H groups in total. The fourth-order valence-electron chi connectivity index (χ4n) is 6.87. The highest BCUT2D eigenvalue weighted by Gasteiger charge is 2.34. The van der Waals surface area contributed by atoms with E-state index in [9.17, 15) is 9.90 Å². The zero-order valence-corrected chi connectivity index (χ0v) is 23.4. The molecule has 3 aromatic rings. The van der Waals surface area contributed by atoms with Crippen molar-refractivity contribution in [3.8, 4) is 17.0 Å². The van der Waals surface area contributed by atoms with Crippen molar-refractivity contribution in [2.24, 2.45) is 0 Å². The highest BCUT2D eigenvalue weighted by atomic mass is 19.1. The van der Waals surface area contributed by atoms with E-state index >= 15 is 4.39 Å². The van der Waals surface area contributed by atoms with Gasteiger partial charge in [0.25, 0.3) is 0 Å². The first-order chi connectivity index (χ1) is 19.5. The number of carbonyl (C=O) groups is 1. The van der Waals surface area contributed by atoms with Crippen molar-refractivity contribution >= 4 is 16.9 Å². The van der Waals surface area contributed by atoms with Gasteiger partial charge in [-0.1, -0.05) is 18.9 Å². The summed E-state index contributed by atoms with van der Waals surface area (Å²) in [5, 5.41) is 10.8. The predicted octanol–water partition coefficient (Wildman–Crippen LogP) is 5.55. The van der Waals surface area contributed by atoms with E-state index in [1.165, 1.54) is 5.56 Å². The van der Waals surface area contributed by atoms with E-state index in [2.05, 4.69) is 26.5 Å². The third-order valence-corrected chi connectivity index (χ3v) is 8.92. The van der Waals surface area contributed by atoms with Gasteiger partial charge < -0.3 is 19.1 Å². The number of morpholine rings is 1. The van der Waals surface area contributed by atoms with Crippen molar-refractivity contribution in [1.29, 1.82) is 0 Å². The summed E-state index contributed by atoms with van der Waals surface area (Å²) in [5.41, 5.74) is 5.52. The molecular formula is C32H40FN3O4. The zero-order chi connectivity index (χ0) is 27.6. The minimum Gasteiger partial charge on any atom is -0.494 e. The van der Waals surface area contributed by atoms with E-state index in [1.54, 1.807) is 12.1 Å². The smallest absolute Gasteiger partial charge is 0.335 e. The number of hydrogen-bond acceptors (Lipinski definition) is 5. The molecule has 3 heterocycles. The Balaban J connectivity index is 1.48. The minimum absolute atomic E-state index is 0.195. The first-order valence-electron chi connectivity index (χ1n) is 14.9. The van der Waals surface area contributed by atoms with Gasteiger partial charge in [0.15, 0.2) is 0 Å². The monoisotopic (exact) mass is 549 g/mol. The van der Waals surface area contributed by atoms with E-state index in [0.717, 1.165) is 105 Å². The van der Waals surface area contributed by atoms with Crippen molar-refractivity contribution < 1.29 is 23.8 Å². The number of hydrogen-bond donors (Lipinski definition) is 1. The summed E-state index contributed by atoms with van der Waals surface area (Å²) in [7, 11) is 0. The summed E-state index contributed by atoms with van der Waals surface area (Å²) >= 11 is 0. The molecule has 214 valence electrons. The van der Waals surface area contributed by atoms with Crippen LogP contribution in [-0.4, -0.2) is 84.2 Å². The molecule has 1 saturated heterocycles. The van der Waals surface area contributed by atoms with E-state index in [-0.39, 0.29) is 11.5 Å². The highest BCUT2D eigenvalue weighted by molar-refractivity contribution is 5.98. The summed E-state index contributed by atoms with van der Waals surface area (Å²) in [4.78, 5) is 16.9. The average molecular weight is 550 g/mol. The van der Waals surface area contributed by atoms with Crippen LogP contribution >= 0.6 is 0 Å². The van der Waals surface area contributed by atoms with Crippen LogP contribution < -0.4 is 4.74 Å². The van der Waals surface area contributed by atoms with Crippen molar-refractivity contribution in [2.75, 3.05) is 52.5 Å². The Labute approximate surface area is 235 Å². The highest BCUT2D eigenvalue weighted by Crippen LogP contribution is 2.47. The Morgan fingerprint density at radius 1 is 1.02 bits per heavy atom. The quantitative estimate of drug-likeness (QED) is 0.417. The maximum absolute atomic E-state index is 15.6. The van der Waals surface area contributed by atoms with Crippen LogP contribution in [0.3, 0.4) is 0 Å². The van der Waals surface area contributed by atoms with Crippen molar-refractivity contribution in [3.63, 3.8) is 0 Å². The first-order valence-corrected chi connectivity index (χ1v) is 14.9. The van der Waals surface area contributed by atoms with E-state index in [1.807, 2.05) is 19.1 Å². The van der Waals surface area contributed by atoms with Gasteiger partial charge in [-0.15, -0.1) is 0 Å². The average Bonchev–Trinajstić information content (AvgIpc) is 3.27. The summed E-state index contributed by atoms with van der Waals surface area (Å²) in [6, 6.07) is 11.7. The zero-order valence-electron chi connectivity index (χ0n) is 23.4. The number of alkyl halides is 1. The molecule has 0 spiro atoms. The van der Waals surface area contributed by atoms with Crippen LogP contribution in [0, 0.1) is 0 Å². The second-order valence-electron chi connectivity index (χ2n) is 11.3. The van der Waals surface area contributed by atoms with E-state index in [4.69, 9.17) is 9.47 Å². The van der Waals surface area contributed by atoms with Gasteiger partial charge in [-0.25, -0.2) is 9.18 Å². The number of fused-ring (bicyclic) bond motifs is 5. The molecule has 0 radical (unpaired) electrons. The molecule has 1 aliphatic carbocycles. The van der Waals surface area contributed by atoms with Gasteiger partial charge in [-0.05, 0) is 61.2 Å². The maximum Gasteiger partial charge on any atom is 0.335 e. The number of benzene rings is 2. The largest absolute Gasteiger partial charge is 0.494 e. The van der Waals surface area contributed by atoms with Crippen molar-refractivity contribution in [2.45, 2.75) is 57.8 Å². The minimum atomic E-state index is -0.945. The number of rotatable bonds is 7. The topological polar surface area (TPSA) is 67.2 Å². The van der Waals surface area contributed by atoms with Crippen molar-refractivity contribution in [3.05, 3.63) is 53.1 Å². The molecule has 0 bridgehead atoms. The van der Waals surface area contributed by atoms with Crippen LogP contribution in [0.1, 0.15) is 60.0 Å². The van der Waals surface area contributed by atoms with Gasteiger partial charge in [-0.3, -0.25) is 9.80 Å². The Hall–Kier alpha value is -2.94. The van der Waals surface area contributed by atoms with Crippen LogP contribution in [0.25, 0.3) is 22.2 Å². The molecule has 6 rings (SSSR count). The lowest BCUT2D eigenvalue weighted by Gasteiger charge is -2.33. The van der Waals surface area contributed by atoms with E-state index in [0.29, 0.717) is 19.6 Å². The lowest BCUT2D eigenvalue weighted by Crippen LogP contribution is -2.42. The molecule has 1 aromatic heterocycles. The molecule has 2 fully saturated rings. The third-order valence-electron chi connectivity index (χ3n) is 8.92. The molecule has 2 atom stereocenters. The predicted molar refractivity (Wildman–Crippen MR) is 154 cm³/mol. The Morgan fingerprint density at radius 3 is 2.60 bits per heavy atom. The number of carboxylic acids is 1. The summed E-state index contributed by atoms with van der Waals surface area (Å²) in [6.45, 7) is 10.3. The van der Waals surface area contributed by atoms with E-state index < -0.39 is 12.1 Å². The molecule has 0 unspecified atom stereocenters. The van der Waals surface area contributed by atoms with Crippen LogP contribution in [0.4, 0.5) is 4.39 Å². The number of ether oxygens (including phenoxy) is 2. The normalized spacial score (nSPS) is 22.4. The van der Waals surface area contributed by atoms with Gasteiger partial charge in [-0.2, -0.15) is 0 Å². The number of aromatic nitrogens is 1. The second kappa shape index (κ2) is 11.9. The molecule has 2 aliphatic heterocycles. The van der Waals surface area contributed by atoms with Crippen molar-refractivity contribution in [1.82, 2.24) is 14.4 Å². The van der Waals surface area contributed by atoms with Gasteiger partial charge in [0.2, 0.25) is 0 Å². The number of nitrogens with zero attached hydrogens (tertiary/aromatic N) is 3. The number of aromatic carboxylic acids is 1. The number of halogens is 1. The standard InChI is InChI=1S/C32H40FN3O4/c1-2-40-24-8-10-25-23(19-24)21-35(12-11-34-15-17-39-18-16-34)13-14-36-29-20-22(32(37)38)7-9-27(29)30(31(25)36)26-5-3-4-6-28(26)33/h7-10,19-20,26,28H,2-6,11-18,21H2,1H3,(H,37,38)/t26-,28-/m0/s1. The summed E-state index contributed by atoms with van der Waals surface area (Å²) in [5.74, 6) is -0.299. The molecule has 40 heavy (non-hydrogen) atoms. The van der Waals surface area contributed by atoms with Crippen LogP contribution in [-0.2, 0) is 17.8 Å². The Bertz CT molecular complexity index is 1370. The lowest BCUT2D eigenvalue weighted by molar-refractivity contribution is 0.0327. The fraction of sp³-hybridized carbons (Fsp3) is 0.531. The lowest BCUT2D eigenvalue weighted by atomic mass is 9.80. The first kappa shape index (κ1) is 27.2. The number of carboxylic acid groups (broad SMARTS) is 1. The maximum atomic E-state index is 15.6. The third kappa shape index (κ3) is 5.37. The molecule has 1 saturated carbocycles. The molecule has 2 aromatic carbocycles. The van der Waals surface area contributed by atoms with Gasteiger partial charge in [0.1, 0.15) is 11.9 Å². The van der Waals surface area contributed by atoms with Crippen LogP contribution in [0.5, 0.6) is 5.75 Å². The van der Waals surface area contributed by atoms with Crippen LogP contribution in [0.15, 0.2) is 36.4 Å². The fourth-order valence-corrected chi connectivity index (χ4v) is 6.87. The Kier molecular flexibility index (Phi) is 8.10. The molecular weight excluding hydrogens is 509 g/mol. The van der Waals surface area contributed by atoms with Gasteiger partial charge in [0.05, 0.1) is 31.1 Å². The Morgan fingerprint density at radius 2 is 1.82 bits per heavy atom. The molecule has 3 aliphatic rings. The van der Waals surface area contributed by atoms with Crippen LogP contribution in [0.2, 0.25) is 0 Å². The molecule has 8 heteroatoms. The summed E-state index contributed by atoms with van der Waals surface area (Å²) in [6.07, 6.45) is 2.42. The SMILES string of the molecule is CCOc1ccc2c(c1)CN(CCN1CCOCC1)CCn1c-2c([C@H]2CCCC[C@@H]2F)c2ccc(C(=O)O)cc21. The molecule has 7 nitrogen and oxygen atoms in total.